The van der Waals surface area contributed by atoms with Crippen molar-refractivity contribution < 1.29 is 23.0 Å². The van der Waals surface area contributed by atoms with Crippen LogP contribution in [0.4, 0.5) is 8.78 Å². The molecule has 2 heterocycles. The topological polar surface area (TPSA) is 38.8 Å². The van der Waals surface area contributed by atoms with Crippen LogP contribution in [0.2, 0.25) is 0 Å². The van der Waals surface area contributed by atoms with Gasteiger partial charge in [0.15, 0.2) is 11.5 Å². The SMILES string of the molecule is CC[C@@H]1c2ccsc2CCN1C(=O)c1ccc(OC(F)F)c(OC)c1. The highest BCUT2D eigenvalue weighted by Crippen LogP contribution is 2.37. The maximum atomic E-state index is 13.0. The summed E-state index contributed by atoms with van der Waals surface area (Å²) in [5.41, 5.74) is 1.60. The number of amides is 1. The first-order chi connectivity index (χ1) is 12.0. The molecule has 0 fully saturated rings. The van der Waals surface area contributed by atoms with Gasteiger partial charge in [0, 0.05) is 17.0 Å². The quantitative estimate of drug-likeness (QED) is 0.781. The molecule has 0 aliphatic carbocycles. The van der Waals surface area contributed by atoms with Crippen molar-refractivity contribution in [2.75, 3.05) is 13.7 Å². The molecule has 1 aliphatic heterocycles. The molecule has 0 spiro atoms. The Bertz CT molecular complexity index is 763. The van der Waals surface area contributed by atoms with E-state index in [2.05, 4.69) is 23.1 Å². The third-order valence-electron chi connectivity index (χ3n) is 4.37. The van der Waals surface area contributed by atoms with E-state index in [1.807, 2.05) is 4.90 Å². The summed E-state index contributed by atoms with van der Waals surface area (Å²) in [5.74, 6) is -0.0992. The van der Waals surface area contributed by atoms with Crippen LogP contribution in [0.15, 0.2) is 29.6 Å². The van der Waals surface area contributed by atoms with E-state index in [1.54, 1.807) is 11.3 Å². The molecule has 1 aromatic carbocycles. The van der Waals surface area contributed by atoms with Crippen LogP contribution in [0.3, 0.4) is 0 Å². The van der Waals surface area contributed by atoms with E-state index in [1.165, 1.54) is 35.7 Å². The van der Waals surface area contributed by atoms with Crippen molar-refractivity contribution in [3.8, 4) is 11.5 Å². The molecule has 7 heteroatoms. The number of alkyl halides is 2. The summed E-state index contributed by atoms with van der Waals surface area (Å²) in [7, 11) is 1.36. The number of benzene rings is 1. The van der Waals surface area contributed by atoms with Crippen LogP contribution >= 0.6 is 11.3 Å². The fraction of sp³-hybridized carbons (Fsp3) is 0.389. The van der Waals surface area contributed by atoms with Crippen LogP contribution in [0.1, 0.15) is 40.2 Å². The molecular weight excluding hydrogens is 348 g/mol. The predicted molar refractivity (Wildman–Crippen MR) is 91.7 cm³/mol. The van der Waals surface area contributed by atoms with Gasteiger partial charge in [-0.15, -0.1) is 11.3 Å². The molecule has 1 atom stereocenters. The number of carbonyl (C=O) groups is 1. The number of rotatable bonds is 5. The van der Waals surface area contributed by atoms with Crippen LogP contribution in [0, 0.1) is 0 Å². The van der Waals surface area contributed by atoms with Crippen molar-refractivity contribution in [3.63, 3.8) is 0 Å². The molecule has 4 nitrogen and oxygen atoms in total. The second-order valence-corrected chi connectivity index (χ2v) is 6.72. The average molecular weight is 367 g/mol. The summed E-state index contributed by atoms with van der Waals surface area (Å²) >= 11 is 1.72. The predicted octanol–water partition coefficient (Wildman–Crippen LogP) is 4.51. The molecule has 0 saturated heterocycles. The Morgan fingerprint density at radius 1 is 1.36 bits per heavy atom. The lowest BCUT2D eigenvalue weighted by atomic mass is 9.97. The Kier molecular flexibility index (Phi) is 5.22. The van der Waals surface area contributed by atoms with Crippen molar-refractivity contribution in [1.29, 1.82) is 0 Å². The fourth-order valence-corrected chi connectivity index (χ4v) is 4.17. The molecule has 2 aromatic rings. The highest BCUT2D eigenvalue weighted by molar-refractivity contribution is 7.10. The van der Waals surface area contributed by atoms with Crippen molar-refractivity contribution in [2.24, 2.45) is 0 Å². The Balaban J connectivity index is 1.88. The van der Waals surface area contributed by atoms with Gasteiger partial charge >= 0.3 is 6.61 Å². The largest absolute Gasteiger partial charge is 0.493 e. The first kappa shape index (κ1) is 17.7. The monoisotopic (exact) mass is 367 g/mol. The molecule has 134 valence electrons. The minimum atomic E-state index is -2.95. The van der Waals surface area contributed by atoms with Crippen molar-refractivity contribution in [1.82, 2.24) is 4.90 Å². The van der Waals surface area contributed by atoms with Gasteiger partial charge in [0.05, 0.1) is 13.2 Å². The number of carbonyl (C=O) groups excluding carboxylic acids is 1. The van der Waals surface area contributed by atoms with Gasteiger partial charge in [-0.05, 0) is 48.1 Å². The van der Waals surface area contributed by atoms with Gasteiger partial charge in [0.2, 0.25) is 0 Å². The van der Waals surface area contributed by atoms with Crippen LogP contribution in [0.5, 0.6) is 11.5 Å². The molecule has 3 rings (SSSR count). The molecule has 25 heavy (non-hydrogen) atoms. The Morgan fingerprint density at radius 2 is 2.16 bits per heavy atom. The zero-order chi connectivity index (χ0) is 18.0. The molecule has 0 unspecified atom stereocenters. The number of hydrogen-bond acceptors (Lipinski definition) is 4. The summed E-state index contributed by atoms with van der Waals surface area (Å²) < 4.78 is 34.4. The van der Waals surface area contributed by atoms with Crippen molar-refractivity contribution in [3.05, 3.63) is 45.6 Å². The second-order valence-electron chi connectivity index (χ2n) is 5.72. The third kappa shape index (κ3) is 3.46. The molecule has 0 saturated carbocycles. The minimum Gasteiger partial charge on any atom is -0.493 e. The van der Waals surface area contributed by atoms with Gasteiger partial charge in [0.25, 0.3) is 5.91 Å². The zero-order valence-electron chi connectivity index (χ0n) is 14.0. The number of thiophene rings is 1. The summed E-state index contributed by atoms with van der Waals surface area (Å²) in [5, 5.41) is 2.06. The van der Waals surface area contributed by atoms with E-state index in [0.29, 0.717) is 12.1 Å². The summed E-state index contributed by atoms with van der Waals surface area (Å²) in [4.78, 5) is 16.2. The van der Waals surface area contributed by atoms with Gasteiger partial charge < -0.3 is 14.4 Å². The second kappa shape index (κ2) is 7.39. The molecule has 1 amide bonds. The summed E-state index contributed by atoms with van der Waals surface area (Å²) in [6.45, 7) is -0.251. The maximum Gasteiger partial charge on any atom is 0.387 e. The Morgan fingerprint density at radius 3 is 2.84 bits per heavy atom. The number of halogens is 2. The molecule has 0 N–H and O–H groups in total. The van der Waals surface area contributed by atoms with Gasteiger partial charge in [-0.25, -0.2) is 0 Å². The van der Waals surface area contributed by atoms with Crippen molar-refractivity contribution in [2.45, 2.75) is 32.4 Å². The first-order valence-electron chi connectivity index (χ1n) is 8.05. The van der Waals surface area contributed by atoms with Gasteiger partial charge in [-0.3, -0.25) is 4.79 Å². The molecule has 1 aromatic heterocycles. The van der Waals surface area contributed by atoms with E-state index < -0.39 is 6.61 Å². The Labute approximate surface area is 149 Å². The van der Waals surface area contributed by atoms with Crippen LogP contribution in [0.25, 0.3) is 0 Å². The minimum absolute atomic E-state index is 0.0329. The lowest BCUT2D eigenvalue weighted by Crippen LogP contribution is -2.39. The highest BCUT2D eigenvalue weighted by Gasteiger charge is 2.31. The molecular formula is C18H19F2NO3S. The Hall–Kier alpha value is -2.15. The summed E-state index contributed by atoms with van der Waals surface area (Å²) in [6, 6.07) is 6.41. The highest BCUT2D eigenvalue weighted by atomic mass is 32.1. The fourth-order valence-electron chi connectivity index (χ4n) is 3.24. The van der Waals surface area contributed by atoms with E-state index in [0.717, 1.165) is 12.8 Å². The number of methoxy groups -OCH3 is 1. The van der Waals surface area contributed by atoms with Crippen LogP contribution in [-0.4, -0.2) is 31.1 Å². The normalized spacial score (nSPS) is 16.7. The van der Waals surface area contributed by atoms with Crippen molar-refractivity contribution >= 4 is 17.2 Å². The van der Waals surface area contributed by atoms with Crippen LogP contribution < -0.4 is 9.47 Å². The molecule has 1 aliphatic rings. The summed E-state index contributed by atoms with van der Waals surface area (Å²) in [6.07, 6.45) is 1.65. The maximum absolute atomic E-state index is 13.0. The van der Waals surface area contributed by atoms with E-state index in [9.17, 15) is 13.6 Å². The number of hydrogen-bond donors (Lipinski definition) is 0. The number of nitrogens with zero attached hydrogens (tertiary/aromatic N) is 1. The van der Waals surface area contributed by atoms with Gasteiger partial charge in [0.1, 0.15) is 0 Å². The van der Waals surface area contributed by atoms with Gasteiger partial charge in [-0.2, -0.15) is 8.78 Å². The lowest BCUT2D eigenvalue weighted by molar-refractivity contribution is -0.0512. The number of fused-ring (bicyclic) bond motifs is 1. The number of ether oxygens (including phenoxy) is 2. The van der Waals surface area contributed by atoms with Gasteiger partial charge in [-0.1, -0.05) is 6.92 Å². The van der Waals surface area contributed by atoms with E-state index in [-0.39, 0.29) is 23.4 Å². The average Bonchev–Trinajstić information content (AvgIpc) is 3.08. The first-order valence-corrected chi connectivity index (χ1v) is 8.93. The third-order valence-corrected chi connectivity index (χ3v) is 5.37. The van der Waals surface area contributed by atoms with E-state index >= 15 is 0 Å². The standard InChI is InChI=1S/C18H19F2NO3S/c1-3-13-12-7-9-25-16(12)6-8-21(13)17(22)11-4-5-14(24-18(19)20)15(10-11)23-2/h4-5,7,9-10,13,18H,3,6,8H2,1-2H3/t13-/m1/s1. The molecule has 0 bridgehead atoms. The van der Waals surface area contributed by atoms with E-state index in [4.69, 9.17) is 4.74 Å². The molecule has 0 radical (unpaired) electrons. The van der Waals surface area contributed by atoms with Crippen LogP contribution in [-0.2, 0) is 6.42 Å². The lowest BCUT2D eigenvalue weighted by Gasteiger charge is -2.35. The smallest absolute Gasteiger partial charge is 0.387 e. The zero-order valence-corrected chi connectivity index (χ0v) is 14.8.